The van der Waals surface area contributed by atoms with Crippen molar-refractivity contribution < 1.29 is 82.0 Å². The molecule has 2 saturated heterocycles. The highest BCUT2D eigenvalue weighted by atomic mass is 16.6. The van der Waals surface area contributed by atoms with Gasteiger partial charge in [-0.25, -0.2) is 4.79 Å². The number of nitro groups is 1. The van der Waals surface area contributed by atoms with Gasteiger partial charge in [0.15, 0.2) is 11.6 Å². The number of nitrogens with one attached hydrogen (secondary N) is 1. The third-order valence-electron chi connectivity index (χ3n) is 16.9. The number of ether oxygens (including phenoxy) is 5. The standard InChI is InChI=1S/C34H49N3O11.C27H46N2O7/c1-33(2,3)48-27(40)19-21(11-9-17-38)30(41)36-20-25-28(34(25,4)5)29(36)26(39)18-22(31(42)46-6)10-7-8-16-35-32(43)47-24-14-12-23(13-15-24)37(44)45;1-26(2,3)36-21(32)15-17(11-9-13-30)24(33)29-16-19-22(27(19,4)5)23(29)20(31)14-18(25(34)35-6)10-7-8-12-28/h12-15,21-22,25,28-29,38H,7-11,16-20H2,1-6H3,(H,35,43);17-19,22-23,30H,7-16,28H2,1-6H3/t21-,22?,25?,28+,29-;17-,18?,19?,22+,23-/m11/s1. The maximum atomic E-state index is 13.9. The van der Waals surface area contributed by atoms with E-state index in [1.807, 2.05) is 0 Å². The van der Waals surface area contributed by atoms with Gasteiger partial charge < -0.3 is 54.7 Å². The van der Waals surface area contributed by atoms with E-state index in [2.05, 4.69) is 33.0 Å². The van der Waals surface area contributed by atoms with Crippen LogP contribution in [-0.2, 0) is 57.3 Å². The molecule has 4 aliphatic rings. The van der Waals surface area contributed by atoms with Crippen LogP contribution in [0.3, 0.4) is 0 Å². The fourth-order valence-electron chi connectivity index (χ4n) is 12.4. The number of nitrogens with zero attached hydrogens (tertiary/aromatic N) is 3. The fraction of sp³-hybridized carbons (Fsp3) is 0.754. The van der Waals surface area contributed by atoms with Gasteiger partial charge in [-0.15, -0.1) is 0 Å². The van der Waals surface area contributed by atoms with Crippen molar-refractivity contribution in [1.29, 1.82) is 0 Å². The molecule has 84 heavy (non-hydrogen) atoms. The van der Waals surface area contributed by atoms with Gasteiger partial charge in [0.2, 0.25) is 11.8 Å². The summed E-state index contributed by atoms with van der Waals surface area (Å²) in [6.07, 6.45) is 3.42. The number of amides is 3. The maximum Gasteiger partial charge on any atom is 0.412 e. The van der Waals surface area contributed by atoms with Crippen LogP contribution in [0.2, 0.25) is 0 Å². The van der Waals surface area contributed by atoms with Gasteiger partial charge >= 0.3 is 30.0 Å². The van der Waals surface area contributed by atoms with Gasteiger partial charge in [0.25, 0.3) is 5.69 Å². The largest absolute Gasteiger partial charge is 0.469 e. The SMILES string of the molecule is COC(=O)C(CCCCN)CC(=O)[C@@H]1[C@@H]2C(CN1C(=O)[C@H](CCCO)CC(=O)OC(C)(C)C)C2(C)C.COC(=O)C(CCCCNC(=O)Oc1ccc([N+](=O)[O-])cc1)CC(=O)[C@@H]1[C@@H]2C(CN1C(=O)[C@H](CCCO)CC(=O)OC(C)(C)C)C2(C)C. The quantitative estimate of drug-likeness (QED) is 0.0198. The minimum absolute atomic E-state index is 0.0123. The predicted molar refractivity (Wildman–Crippen MR) is 307 cm³/mol. The second-order valence-electron chi connectivity index (χ2n) is 26.1. The number of Topliss-reactive ketones (excluding diaryl/α,β-unsaturated/α-hetero) is 2. The molecular formula is C61H95N5O18. The number of aliphatic hydroxyl groups excluding tert-OH is 2. The Labute approximate surface area is 494 Å². The van der Waals surface area contributed by atoms with E-state index < -0.39 is 81.9 Å². The Morgan fingerprint density at radius 2 is 1.02 bits per heavy atom. The summed E-state index contributed by atoms with van der Waals surface area (Å²) in [5.41, 5.74) is 3.83. The average molecular weight is 1190 g/mol. The molecule has 4 fully saturated rings. The highest BCUT2D eigenvalue weighted by Crippen LogP contribution is 2.66. The van der Waals surface area contributed by atoms with Crippen LogP contribution in [0.4, 0.5) is 10.5 Å². The maximum absolute atomic E-state index is 13.9. The zero-order valence-electron chi connectivity index (χ0n) is 51.6. The normalized spacial score (nSPS) is 22.0. The lowest BCUT2D eigenvalue weighted by Gasteiger charge is -2.33. The summed E-state index contributed by atoms with van der Waals surface area (Å²) in [6.45, 7) is 20.2. The van der Waals surface area contributed by atoms with E-state index in [1.165, 1.54) is 38.5 Å². The number of fused-ring (bicyclic) bond motifs is 2. The number of carbonyl (C=O) groups excluding carboxylic acids is 9. The topological polar surface area (TPSA) is 328 Å². The second-order valence-corrected chi connectivity index (χ2v) is 26.1. The van der Waals surface area contributed by atoms with Crippen LogP contribution in [-0.4, -0.2) is 155 Å². The Morgan fingerprint density at radius 3 is 1.38 bits per heavy atom. The van der Waals surface area contributed by atoms with Crippen LogP contribution in [0.25, 0.3) is 0 Å². The lowest BCUT2D eigenvalue weighted by molar-refractivity contribution is -0.384. The molecule has 3 amide bonds. The Bertz CT molecular complexity index is 2470. The highest BCUT2D eigenvalue weighted by molar-refractivity contribution is 5.95. The summed E-state index contributed by atoms with van der Waals surface area (Å²) in [5, 5.41) is 32.2. The van der Waals surface area contributed by atoms with Gasteiger partial charge in [0.05, 0.1) is 55.9 Å². The molecule has 0 bridgehead atoms. The number of ketones is 2. The average Bonchev–Trinajstić information content (AvgIpc) is 1.66. The Hall–Kier alpha value is -6.07. The summed E-state index contributed by atoms with van der Waals surface area (Å²) in [7, 11) is 2.57. The third kappa shape index (κ3) is 19.7. The lowest BCUT2D eigenvalue weighted by Crippen LogP contribution is -2.48. The van der Waals surface area contributed by atoms with Gasteiger partial charge in [0, 0.05) is 69.7 Å². The first-order valence-corrected chi connectivity index (χ1v) is 29.7. The van der Waals surface area contributed by atoms with E-state index in [-0.39, 0.29) is 121 Å². The van der Waals surface area contributed by atoms with Crippen molar-refractivity contribution in [3.05, 3.63) is 34.4 Å². The number of rotatable bonds is 31. The molecule has 4 unspecified atom stereocenters. The molecule has 1 aromatic carbocycles. The summed E-state index contributed by atoms with van der Waals surface area (Å²) in [5.74, 6) is -5.25. The molecule has 2 aliphatic heterocycles. The molecule has 23 heteroatoms. The number of hydrogen-bond donors (Lipinski definition) is 4. The molecular weight excluding hydrogens is 1090 g/mol. The van der Waals surface area contributed by atoms with Crippen LogP contribution in [0.1, 0.15) is 159 Å². The zero-order chi connectivity index (χ0) is 63.1. The highest BCUT2D eigenvalue weighted by Gasteiger charge is 2.70. The second kappa shape index (κ2) is 30.8. The van der Waals surface area contributed by atoms with E-state index >= 15 is 0 Å². The number of carbonyl (C=O) groups is 9. The molecule has 1 aromatic rings. The smallest absolute Gasteiger partial charge is 0.412 e. The molecule has 0 spiro atoms. The minimum Gasteiger partial charge on any atom is -0.469 e. The van der Waals surface area contributed by atoms with E-state index in [4.69, 9.17) is 29.4 Å². The van der Waals surface area contributed by atoms with Crippen LogP contribution < -0.4 is 15.8 Å². The predicted octanol–water partition coefficient (Wildman–Crippen LogP) is 6.67. The van der Waals surface area contributed by atoms with Gasteiger partial charge in [-0.05, 0) is 146 Å². The van der Waals surface area contributed by atoms with Crippen molar-refractivity contribution in [2.75, 3.05) is 53.6 Å². The first kappa shape index (κ1) is 70.4. The monoisotopic (exact) mass is 1190 g/mol. The number of hydrogen-bond acceptors (Lipinski definition) is 19. The number of esters is 4. The number of aliphatic hydroxyl groups is 2. The number of benzene rings is 1. The fourth-order valence-corrected chi connectivity index (χ4v) is 12.4. The molecule has 10 atom stereocenters. The Kier molecular flexibility index (Phi) is 25.9. The number of piperidine rings is 2. The Morgan fingerprint density at radius 1 is 0.631 bits per heavy atom. The van der Waals surface area contributed by atoms with E-state index in [1.54, 1.807) is 51.3 Å². The number of methoxy groups -OCH3 is 2. The van der Waals surface area contributed by atoms with Gasteiger partial charge in [0.1, 0.15) is 17.0 Å². The van der Waals surface area contributed by atoms with Crippen molar-refractivity contribution in [2.24, 2.45) is 63.9 Å². The van der Waals surface area contributed by atoms with Crippen molar-refractivity contribution in [3.63, 3.8) is 0 Å². The number of unbranched alkanes of at least 4 members (excludes halogenated alkanes) is 2. The van der Waals surface area contributed by atoms with Crippen molar-refractivity contribution >= 4 is 59.0 Å². The summed E-state index contributed by atoms with van der Waals surface area (Å²) in [4.78, 5) is 131. The summed E-state index contributed by atoms with van der Waals surface area (Å²) < 4.78 is 26.0. The summed E-state index contributed by atoms with van der Waals surface area (Å²) in [6, 6.07) is 3.71. The first-order chi connectivity index (χ1) is 39.3. The van der Waals surface area contributed by atoms with Crippen LogP contribution in [0.15, 0.2) is 24.3 Å². The molecule has 23 nitrogen and oxygen atoms in total. The van der Waals surface area contributed by atoms with Gasteiger partial charge in [-0.1, -0.05) is 40.5 Å². The van der Waals surface area contributed by atoms with Gasteiger partial charge in [-0.3, -0.25) is 48.5 Å². The molecule has 0 radical (unpaired) electrons. The van der Waals surface area contributed by atoms with E-state index in [0.717, 1.165) is 6.42 Å². The molecule has 2 aliphatic carbocycles. The van der Waals surface area contributed by atoms with Crippen molar-refractivity contribution in [3.8, 4) is 5.75 Å². The molecule has 0 aromatic heterocycles. The number of nitro benzene ring substituents is 1. The molecule has 5 N–H and O–H groups in total. The van der Waals surface area contributed by atoms with Crippen LogP contribution in [0.5, 0.6) is 5.75 Å². The third-order valence-corrected chi connectivity index (χ3v) is 16.9. The molecule has 2 saturated carbocycles. The van der Waals surface area contributed by atoms with Crippen LogP contribution >= 0.6 is 0 Å². The minimum atomic E-state index is -0.751. The number of likely N-dealkylation sites (tertiary alicyclic amines) is 2. The Balaban J connectivity index is 0.000000376. The zero-order valence-corrected chi connectivity index (χ0v) is 51.6. The van der Waals surface area contributed by atoms with Crippen molar-refractivity contribution in [1.82, 2.24) is 15.1 Å². The van der Waals surface area contributed by atoms with Crippen LogP contribution in [0, 0.1) is 68.3 Å². The lowest BCUT2D eigenvalue weighted by atomic mass is 9.89. The number of non-ortho nitro benzene ring substituents is 1. The summed E-state index contributed by atoms with van der Waals surface area (Å²) >= 11 is 0. The molecule has 2 heterocycles. The van der Waals surface area contributed by atoms with E-state index in [0.29, 0.717) is 71.0 Å². The molecule has 472 valence electrons. The number of nitrogens with two attached hydrogens (primary N) is 1. The molecule has 5 rings (SSSR count). The first-order valence-electron chi connectivity index (χ1n) is 29.7. The van der Waals surface area contributed by atoms with E-state index in [9.17, 15) is 63.5 Å². The van der Waals surface area contributed by atoms with Gasteiger partial charge in [-0.2, -0.15) is 0 Å². The van der Waals surface area contributed by atoms with Crippen molar-refractivity contribution in [2.45, 2.75) is 182 Å².